The summed E-state index contributed by atoms with van der Waals surface area (Å²) in [7, 11) is 3.46. The standard InChI is InChI=1S/C17H30N4O2S.HI/c1-14(2)7-9-23-10-8-18-17(20-13-16(22)21(3)4)19-12-15-6-5-11-24-15;/h5-6,11,14H,7-10,12-13H2,1-4H3,(H2,18,19,20);1H. The Hall–Kier alpha value is -0.870. The molecule has 0 unspecified atom stereocenters. The second kappa shape index (κ2) is 14.3. The van der Waals surface area contributed by atoms with Crippen LogP contribution in [0.3, 0.4) is 0 Å². The summed E-state index contributed by atoms with van der Waals surface area (Å²) in [5, 5.41) is 8.50. The van der Waals surface area contributed by atoms with Gasteiger partial charge in [-0.05, 0) is 23.8 Å². The number of hydrogen-bond donors (Lipinski definition) is 2. The van der Waals surface area contributed by atoms with Gasteiger partial charge in [0.1, 0.15) is 6.54 Å². The van der Waals surface area contributed by atoms with E-state index < -0.39 is 0 Å². The largest absolute Gasteiger partial charge is 0.380 e. The summed E-state index contributed by atoms with van der Waals surface area (Å²) in [5.41, 5.74) is 0. The van der Waals surface area contributed by atoms with Crippen molar-refractivity contribution in [2.24, 2.45) is 10.9 Å². The summed E-state index contributed by atoms with van der Waals surface area (Å²) in [6, 6.07) is 4.08. The summed E-state index contributed by atoms with van der Waals surface area (Å²) in [5.74, 6) is 1.26. The van der Waals surface area contributed by atoms with Gasteiger partial charge in [0.2, 0.25) is 5.91 Å². The van der Waals surface area contributed by atoms with Gasteiger partial charge in [0.15, 0.2) is 5.96 Å². The summed E-state index contributed by atoms with van der Waals surface area (Å²) in [6.45, 7) is 7.23. The molecular formula is C17H31IN4O2S. The Kier molecular flexibility index (Phi) is 13.8. The van der Waals surface area contributed by atoms with E-state index in [1.807, 2.05) is 11.4 Å². The van der Waals surface area contributed by atoms with Gasteiger partial charge in [-0.1, -0.05) is 19.9 Å². The van der Waals surface area contributed by atoms with Gasteiger partial charge in [0.25, 0.3) is 0 Å². The van der Waals surface area contributed by atoms with Crippen molar-refractivity contribution in [1.29, 1.82) is 0 Å². The molecule has 0 saturated heterocycles. The van der Waals surface area contributed by atoms with E-state index >= 15 is 0 Å². The molecular weight excluding hydrogens is 451 g/mol. The Morgan fingerprint density at radius 1 is 1.32 bits per heavy atom. The molecule has 2 N–H and O–H groups in total. The van der Waals surface area contributed by atoms with E-state index in [0.29, 0.717) is 31.6 Å². The second-order valence-electron chi connectivity index (χ2n) is 6.11. The smallest absolute Gasteiger partial charge is 0.243 e. The zero-order valence-electron chi connectivity index (χ0n) is 15.6. The van der Waals surface area contributed by atoms with Gasteiger partial charge in [-0.2, -0.15) is 0 Å². The molecule has 0 saturated carbocycles. The number of rotatable bonds is 10. The lowest BCUT2D eigenvalue weighted by Gasteiger charge is -2.13. The van der Waals surface area contributed by atoms with Crippen LogP contribution in [0.2, 0.25) is 0 Å². The third-order valence-corrected chi connectivity index (χ3v) is 4.14. The van der Waals surface area contributed by atoms with Crippen molar-refractivity contribution in [3.63, 3.8) is 0 Å². The highest BCUT2D eigenvalue weighted by Crippen LogP contribution is 2.07. The van der Waals surface area contributed by atoms with Crippen LogP contribution in [-0.4, -0.2) is 57.2 Å². The van der Waals surface area contributed by atoms with Gasteiger partial charge in [-0.25, -0.2) is 4.99 Å². The molecule has 0 atom stereocenters. The molecule has 0 aliphatic rings. The topological polar surface area (TPSA) is 66.0 Å². The molecule has 1 aromatic rings. The number of likely N-dealkylation sites (N-methyl/N-ethyl adjacent to an activating group) is 1. The number of amides is 1. The molecule has 1 rings (SSSR count). The van der Waals surface area contributed by atoms with Crippen LogP contribution in [0.1, 0.15) is 25.1 Å². The number of guanidine groups is 1. The van der Waals surface area contributed by atoms with Crippen LogP contribution < -0.4 is 10.6 Å². The Bertz CT molecular complexity index is 493. The molecule has 0 aromatic carbocycles. The maximum absolute atomic E-state index is 11.7. The van der Waals surface area contributed by atoms with Crippen molar-refractivity contribution in [1.82, 2.24) is 15.5 Å². The number of ether oxygens (including phenoxy) is 1. The fraction of sp³-hybridized carbons (Fsp3) is 0.647. The van der Waals surface area contributed by atoms with Crippen LogP contribution in [-0.2, 0) is 16.1 Å². The highest BCUT2D eigenvalue weighted by molar-refractivity contribution is 14.0. The number of aliphatic imine (C=N–C) groups is 1. The lowest BCUT2D eigenvalue weighted by atomic mass is 10.1. The average Bonchev–Trinajstić information content (AvgIpc) is 3.05. The van der Waals surface area contributed by atoms with E-state index in [1.165, 1.54) is 9.78 Å². The molecule has 0 spiro atoms. The normalized spacial score (nSPS) is 11.2. The quantitative estimate of drug-likeness (QED) is 0.233. The first-order valence-corrected chi connectivity index (χ1v) is 9.19. The van der Waals surface area contributed by atoms with Crippen LogP contribution in [0, 0.1) is 5.92 Å². The summed E-state index contributed by atoms with van der Waals surface area (Å²) >= 11 is 1.69. The van der Waals surface area contributed by atoms with Gasteiger partial charge in [0.05, 0.1) is 13.2 Å². The highest BCUT2D eigenvalue weighted by Gasteiger charge is 2.05. The molecule has 0 aliphatic carbocycles. The number of halogens is 1. The average molecular weight is 482 g/mol. The van der Waals surface area contributed by atoms with Crippen molar-refractivity contribution in [2.75, 3.05) is 40.4 Å². The zero-order chi connectivity index (χ0) is 17.8. The zero-order valence-corrected chi connectivity index (χ0v) is 18.7. The maximum atomic E-state index is 11.7. The number of thiophene rings is 1. The predicted octanol–water partition coefficient (Wildman–Crippen LogP) is 2.55. The minimum Gasteiger partial charge on any atom is -0.380 e. The van der Waals surface area contributed by atoms with Crippen molar-refractivity contribution >= 4 is 47.2 Å². The summed E-state index contributed by atoms with van der Waals surface area (Å²) < 4.78 is 5.59. The SMILES string of the molecule is CC(C)CCOCCNC(=NCC(=O)N(C)C)NCc1cccs1.I. The molecule has 1 heterocycles. The molecule has 0 bridgehead atoms. The number of nitrogens with zero attached hydrogens (tertiary/aromatic N) is 2. The molecule has 1 aromatic heterocycles. The van der Waals surface area contributed by atoms with Crippen molar-refractivity contribution in [3.8, 4) is 0 Å². The summed E-state index contributed by atoms with van der Waals surface area (Å²) in [6.07, 6.45) is 1.06. The number of nitrogens with one attached hydrogen (secondary N) is 2. The van der Waals surface area contributed by atoms with Crippen molar-refractivity contribution < 1.29 is 9.53 Å². The summed E-state index contributed by atoms with van der Waals surface area (Å²) in [4.78, 5) is 18.8. The molecule has 0 radical (unpaired) electrons. The monoisotopic (exact) mass is 482 g/mol. The van der Waals surface area contributed by atoms with Gasteiger partial charge in [-0.3, -0.25) is 4.79 Å². The van der Waals surface area contributed by atoms with E-state index in [0.717, 1.165) is 13.0 Å². The molecule has 144 valence electrons. The molecule has 25 heavy (non-hydrogen) atoms. The number of carbonyl (C=O) groups excluding carboxylic acids is 1. The first kappa shape index (κ1) is 24.1. The first-order chi connectivity index (χ1) is 11.5. The first-order valence-electron chi connectivity index (χ1n) is 8.31. The maximum Gasteiger partial charge on any atom is 0.243 e. The van der Waals surface area contributed by atoms with Crippen LogP contribution in [0.25, 0.3) is 0 Å². The second-order valence-corrected chi connectivity index (χ2v) is 7.14. The van der Waals surface area contributed by atoms with E-state index in [-0.39, 0.29) is 36.4 Å². The minimum atomic E-state index is -0.0274. The predicted molar refractivity (Wildman–Crippen MR) is 116 cm³/mol. The lowest BCUT2D eigenvalue weighted by Crippen LogP contribution is -2.39. The number of hydrogen-bond acceptors (Lipinski definition) is 4. The lowest BCUT2D eigenvalue weighted by molar-refractivity contribution is -0.127. The van der Waals surface area contributed by atoms with Gasteiger partial charge in [0, 0.05) is 32.1 Å². The van der Waals surface area contributed by atoms with Crippen LogP contribution in [0.15, 0.2) is 22.5 Å². The third kappa shape index (κ3) is 12.2. The third-order valence-electron chi connectivity index (χ3n) is 3.26. The van der Waals surface area contributed by atoms with Crippen LogP contribution >= 0.6 is 35.3 Å². The minimum absolute atomic E-state index is 0. The fourth-order valence-electron chi connectivity index (χ4n) is 1.71. The molecule has 6 nitrogen and oxygen atoms in total. The van der Waals surface area contributed by atoms with E-state index in [9.17, 15) is 4.79 Å². The highest BCUT2D eigenvalue weighted by atomic mass is 127. The van der Waals surface area contributed by atoms with Crippen molar-refractivity contribution in [2.45, 2.75) is 26.8 Å². The molecule has 0 aliphatic heterocycles. The Balaban J connectivity index is 0.00000576. The van der Waals surface area contributed by atoms with E-state index in [2.05, 4.69) is 35.5 Å². The van der Waals surface area contributed by atoms with E-state index in [1.54, 1.807) is 25.4 Å². The molecule has 0 fully saturated rings. The fourth-order valence-corrected chi connectivity index (χ4v) is 2.35. The van der Waals surface area contributed by atoms with E-state index in [4.69, 9.17) is 4.74 Å². The Morgan fingerprint density at radius 2 is 2.08 bits per heavy atom. The van der Waals surface area contributed by atoms with Gasteiger partial charge >= 0.3 is 0 Å². The Morgan fingerprint density at radius 3 is 2.68 bits per heavy atom. The molecule has 1 amide bonds. The molecule has 8 heteroatoms. The van der Waals surface area contributed by atoms with Gasteiger partial charge in [-0.15, -0.1) is 35.3 Å². The number of carbonyl (C=O) groups is 1. The van der Waals surface area contributed by atoms with Gasteiger partial charge < -0.3 is 20.3 Å². The van der Waals surface area contributed by atoms with Crippen molar-refractivity contribution in [3.05, 3.63) is 22.4 Å². The van der Waals surface area contributed by atoms with Crippen LogP contribution in [0.4, 0.5) is 0 Å². The van der Waals surface area contributed by atoms with Crippen LogP contribution in [0.5, 0.6) is 0 Å². The Labute approximate surface area is 172 Å².